The molecule has 0 saturated carbocycles. The smallest absolute Gasteiger partial charge is 0.261 e. The standard InChI is InChI=1S/C13H13N3O2S2/c1-9-5-6-11(8-15-9)16-20(17,18)12-4-2-3-10(7-12)13(14)19/h2-8,16H,1H3,(H2,14,19). The van der Waals surface area contributed by atoms with E-state index in [1.807, 2.05) is 6.92 Å². The highest BCUT2D eigenvalue weighted by atomic mass is 32.2. The summed E-state index contributed by atoms with van der Waals surface area (Å²) in [4.78, 5) is 4.29. The number of nitrogens with two attached hydrogens (primary N) is 1. The van der Waals surface area contributed by atoms with Gasteiger partial charge < -0.3 is 5.73 Å². The van der Waals surface area contributed by atoms with E-state index in [2.05, 4.69) is 9.71 Å². The number of rotatable bonds is 4. The Bertz CT molecular complexity index is 740. The second-order valence-electron chi connectivity index (χ2n) is 4.19. The number of hydrogen-bond acceptors (Lipinski definition) is 4. The first-order valence-electron chi connectivity index (χ1n) is 5.74. The van der Waals surface area contributed by atoms with Crippen LogP contribution in [-0.4, -0.2) is 18.4 Å². The fraction of sp³-hybridized carbons (Fsp3) is 0.0769. The van der Waals surface area contributed by atoms with Crippen molar-refractivity contribution in [3.05, 3.63) is 53.9 Å². The highest BCUT2D eigenvalue weighted by molar-refractivity contribution is 7.92. The van der Waals surface area contributed by atoms with Gasteiger partial charge in [-0.2, -0.15) is 0 Å². The lowest BCUT2D eigenvalue weighted by molar-refractivity contribution is 0.601. The highest BCUT2D eigenvalue weighted by Crippen LogP contribution is 2.16. The summed E-state index contributed by atoms with van der Waals surface area (Å²) in [6, 6.07) is 9.55. The molecule has 1 aromatic heterocycles. The fourth-order valence-corrected chi connectivity index (χ4v) is 2.77. The minimum atomic E-state index is -3.69. The molecule has 0 aliphatic rings. The number of benzene rings is 1. The molecule has 0 radical (unpaired) electrons. The maximum Gasteiger partial charge on any atom is 0.261 e. The SMILES string of the molecule is Cc1ccc(NS(=O)(=O)c2cccc(C(N)=S)c2)cn1. The zero-order chi connectivity index (χ0) is 14.8. The number of thiocarbonyl (C=S) groups is 1. The van der Waals surface area contributed by atoms with Crippen LogP contribution in [0.4, 0.5) is 5.69 Å². The molecule has 0 amide bonds. The summed E-state index contributed by atoms with van der Waals surface area (Å²) in [5.41, 5.74) is 7.21. The molecule has 20 heavy (non-hydrogen) atoms. The van der Waals surface area contributed by atoms with Gasteiger partial charge in [-0.3, -0.25) is 9.71 Å². The molecule has 0 aliphatic carbocycles. The van der Waals surface area contributed by atoms with Crippen LogP contribution in [-0.2, 0) is 10.0 Å². The van der Waals surface area contributed by atoms with E-state index < -0.39 is 10.0 Å². The summed E-state index contributed by atoms with van der Waals surface area (Å²) in [7, 11) is -3.69. The number of nitrogens with zero attached hydrogens (tertiary/aromatic N) is 1. The number of sulfonamides is 1. The lowest BCUT2D eigenvalue weighted by Gasteiger charge is -2.09. The molecule has 3 N–H and O–H groups in total. The number of aromatic nitrogens is 1. The largest absolute Gasteiger partial charge is 0.389 e. The van der Waals surface area contributed by atoms with Crippen LogP contribution in [0.5, 0.6) is 0 Å². The Balaban J connectivity index is 2.33. The van der Waals surface area contributed by atoms with Gasteiger partial charge in [-0.25, -0.2) is 8.42 Å². The van der Waals surface area contributed by atoms with Crippen LogP contribution in [0.1, 0.15) is 11.3 Å². The summed E-state index contributed by atoms with van der Waals surface area (Å²) in [5, 5.41) is 0. The van der Waals surface area contributed by atoms with Gasteiger partial charge in [0.15, 0.2) is 0 Å². The minimum Gasteiger partial charge on any atom is -0.389 e. The Morgan fingerprint density at radius 1 is 1.30 bits per heavy atom. The van der Waals surface area contributed by atoms with Crippen LogP contribution < -0.4 is 10.5 Å². The molecule has 2 aromatic rings. The maximum atomic E-state index is 12.2. The van der Waals surface area contributed by atoms with Crippen molar-refractivity contribution >= 4 is 32.9 Å². The molecular formula is C13H13N3O2S2. The average molecular weight is 307 g/mol. The van der Waals surface area contributed by atoms with Crippen LogP contribution in [0.25, 0.3) is 0 Å². The van der Waals surface area contributed by atoms with E-state index >= 15 is 0 Å². The molecule has 1 heterocycles. The summed E-state index contributed by atoms with van der Waals surface area (Å²) < 4.78 is 26.9. The molecule has 2 rings (SSSR count). The third kappa shape index (κ3) is 3.31. The van der Waals surface area contributed by atoms with Crippen molar-refractivity contribution in [2.75, 3.05) is 4.72 Å². The molecular weight excluding hydrogens is 294 g/mol. The second-order valence-corrected chi connectivity index (χ2v) is 6.31. The van der Waals surface area contributed by atoms with E-state index in [0.29, 0.717) is 11.3 Å². The van der Waals surface area contributed by atoms with Gasteiger partial charge >= 0.3 is 0 Å². The third-order valence-electron chi connectivity index (χ3n) is 2.59. The first-order chi connectivity index (χ1) is 9.38. The van der Waals surface area contributed by atoms with E-state index in [9.17, 15) is 8.42 Å². The van der Waals surface area contributed by atoms with E-state index in [1.165, 1.54) is 18.3 Å². The molecule has 0 aliphatic heterocycles. The lowest BCUT2D eigenvalue weighted by atomic mass is 10.2. The molecule has 0 atom stereocenters. The van der Waals surface area contributed by atoms with E-state index in [1.54, 1.807) is 24.3 Å². The van der Waals surface area contributed by atoms with Gasteiger partial charge in [0.2, 0.25) is 0 Å². The Kier molecular flexibility index (Phi) is 4.01. The van der Waals surface area contributed by atoms with Crippen LogP contribution >= 0.6 is 12.2 Å². The topological polar surface area (TPSA) is 85.1 Å². The third-order valence-corrected chi connectivity index (χ3v) is 4.21. The number of nitrogens with one attached hydrogen (secondary N) is 1. The van der Waals surface area contributed by atoms with Crippen LogP contribution in [0, 0.1) is 6.92 Å². The fourth-order valence-electron chi connectivity index (χ4n) is 1.56. The molecule has 7 heteroatoms. The van der Waals surface area contributed by atoms with Crippen molar-refractivity contribution in [1.29, 1.82) is 0 Å². The maximum absolute atomic E-state index is 12.2. The molecule has 104 valence electrons. The average Bonchev–Trinajstić information content (AvgIpc) is 2.41. The van der Waals surface area contributed by atoms with Crippen molar-refractivity contribution in [3.63, 3.8) is 0 Å². The summed E-state index contributed by atoms with van der Waals surface area (Å²) in [5.74, 6) is 0. The van der Waals surface area contributed by atoms with Gasteiger partial charge in [0.1, 0.15) is 4.99 Å². The second kappa shape index (κ2) is 5.56. The Morgan fingerprint density at radius 2 is 2.05 bits per heavy atom. The monoisotopic (exact) mass is 307 g/mol. The number of hydrogen-bond donors (Lipinski definition) is 2. The van der Waals surface area contributed by atoms with Gasteiger partial charge in [0.25, 0.3) is 10.0 Å². The lowest BCUT2D eigenvalue weighted by Crippen LogP contribution is -2.15. The van der Waals surface area contributed by atoms with Crippen molar-refractivity contribution in [2.45, 2.75) is 11.8 Å². The zero-order valence-electron chi connectivity index (χ0n) is 10.7. The molecule has 0 fully saturated rings. The molecule has 0 spiro atoms. The number of anilines is 1. The van der Waals surface area contributed by atoms with Crippen molar-refractivity contribution in [1.82, 2.24) is 4.98 Å². The first-order valence-corrected chi connectivity index (χ1v) is 7.63. The van der Waals surface area contributed by atoms with Crippen molar-refractivity contribution < 1.29 is 8.42 Å². The van der Waals surface area contributed by atoms with E-state index in [0.717, 1.165) is 5.69 Å². The Morgan fingerprint density at radius 3 is 2.65 bits per heavy atom. The molecule has 0 unspecified atom stereocenters. The van der Waals surface area contributed by atoms with Crippen LogP contribution in [0.3, 0.4) is 0 Å². The van der Waals surface area contributed by atoms with Crippen LogP contribution in [0.15, 0.2) is 47.5 Å². The quantitative estimate of drug-likeness (QED) is 0.842. The summed E-state index contributed by atoms with van der Waals surface area (Å²) in [6.07, 6.45) is 1.46. The van der Waals surface area contributed by atoms with E-state index in [-0.39, 0.29) is 9.88 Å². The molecule has 0 bridgehead atoms. The Labute approximate surface area is 122 Å². The van der Waals surface area contributed by atoms with Gasteiger partial charge in [0.05, 0.1) is 16.8 Å². The van der Waals surface area contributed by atoms with Gasteiger partial charge in [-0.15, -0.1) is 0 Å². The molecule has 5 nitrogen and oxygen atoms in total. The van der Waals surface area contributed by atoms with Gasteiger partial charge in [-0.05, 0) is 31.2 Å². The van der Waals surface area contributed by atoms with Crippen molar-refractivity contribution in [3.8, 4) is 0 Å². The summed E-state index contributed by atoms with van der Waals surface area (Å²) >= 11 is 4.84. The summed E-state index contributed by atoms with van der Waals surface area (Å²) in [6.45, 7) is 1.82. The predicted molar refractivity (Wildman–Crippen MR) is 82.1 cm³/mol. The normalized spacial score (nSPS) is 11.1. The predicted octanol–water partition coefficient (Wildman–Crippen LogP) is 1.83. The molecule has 0 saturated heterocycles. The zero-order valence-corrected chi connectivity index (χ0v) is 12.3. The van der Waals surface area contributed by atoms with Crippen molar-refractivity contribution in [2.24, 2.45) is 5.73 Å². The van der Waals surface area contributed by atoms with Gasteiger partial charge in [0, 0.05) is 11.3 Å². The number of aryl methyl sites for hydroxylation is 1. The first kappa shape index (κ1) is 14.4. The number of pyridine rings is 1. The molecule has 1 aromatic carbocycles. The highest BCUT2D eigenvalue weighted by Gasteiger charge is 2.15. The van der Waals surface area contributed by atoms with E-state index in [4.69, 9.17) is 18.0 Å². The van der Waals surface area contributed by atoms with Crippen LogP contribution in [0.2, 0.25) is 0 Å². The Hall–Kier alpha value is -1.99. The minimum absolute atomic E-state index is 0.100. The van der Waals surface area contributed by atoms with Gasteiger partial charge in [-0.1, -0.05) is 24.4 Å².